The molecule has 116 valence electrons. The van der Waals surface area contributed by atoms with E-state index in [0.29, 0.717) is 6.54 Å². The van der Waals surface area contributed by atoms with Crippen molar-refractivity contribution in [3.05, 3.63) is 65.2 Å². The third-order valence-corrected chi connectivity index (χ3v) is 3.24. The first-order chi connectivity index (χ1) is 10.7. The van der Waals surface area contributed by atoms with Gasteiger partial charge in [-0.15, -0.1) is 0 Å². The molecule has 0 saturated carbocycles. The minimum absolute atomic E-state index is 0.0916. The molecule has 0 bridgehead atoms. The van der Waals surface area contributed by atoms with Gasteiger partial charge in [0.1, 0.15) is 5.82 Å². The number of carbonyl (C=O) groups excluding carboxylic acids is 1. The Kier molecular flexibility index (Phi) is 6.03. The average Bonchev–Trinajstić information content (AvgIpc) is 2.51. The van der Waals surface area contributed by atoms with Gasteiger partial charge in [-0.05, 0) is 49.2 Å². The van der Waals surface area contributed by atoms with Crippen LogP contribution in [0.1, 0.15) is 27.9 Å². The molecular weight excluding hydrogens is 281 g/mol. The van der Waals surface area contributed by atoms with Gasteiger partial charge in [0.25, 0.3) is 5.91 Å². The third-order valence-electron chi connectivity index (χ3n) is 3.24. The number of carbonyl (C=O) groups is 1. The Morgan fingerprint density at radius 2 is 2.14 bits per heavy atom. The summed E-state index contributed by atoms with van der Waals surface area (Å²) in [6.07, 6.45) is 4.33. The van der Waals surface area contributed by atoms with Crippen molar-refractivity contribution in [1.29, 1.82) is 0 Å². The maximum absolute atomic E-state index is 13.6. The van der Waals surface area contributed by atoms with Crippen molar-refractivity contribution in [2.45, 2.75) is 19.9 Å². The fourth-order valence-electron chi connectivity index (χ4n) is 2.05. The predicted octanol–water partition coefficient (Wildman–Crippen LogP) is 2.44. The van der Waals surface area contributed by atoms with Crippen molar-refractivity contribution >= 4 is 5.91 Å². The molecule has 1 amide bonds. The highest BCUT2D eigenvalue weighted by molar-refractivity contribution is 5.94. The van der Waals surface area contributed by atoms with E-state index in [9.17, 15) is 9.18 Å². The molecule has 1 aromatic heterocycles. The fourth-order valence-corrected chi connectivity index (χ4v) is 2.05. The van der Waals surface area contributed by atoms with Crippen LogP contribution < -0.4 is 10.6 Å². The number of pyridine rings is 1. The molecule has 0 atom stereocenters. The quantitative estimate of drug-likeness (QED) is 0.772. The summed E-state index contributed by atoms with van der Waals surface area (Å²) in [6, 6.07) is 8.51. The summed E-state index contributed by atoms with van der Waals surface area (Å²) in [6.45, 7) is 3.81. The fraction of sp³-hybridized carbons (Fsp3) is 0.294. The highest BCUT2D eigenvalue weighted by Crippen LogP contribution is 2.09. The van der Waals surface area contributed by atoms with Crippen molar-refractivity contribution in [3.8, 4) is 0 Å². The normalized spacial score (nSPS) is 10.5. The number of rotatable bonds is 7. The Morgan fingerprint density at radius 1 is 1.27 bits per heavy atom. The number of aryl methyl sites for hydroxylation is 1. The lowest BCUT2D eigenvalue weighted by Crippen LogP contribution is -2.28. The van der Waals surface area contributed by atoms with Gasteiger partial charge in [-0.1, -0.05) is 12.1 Å². The predicted molar refractivity (Wildman–Crippen MR) is 84.0 cm³/mol. The lowest BCUT2D eigenvalue weighted by molar-refractivity contribution is 0.0949. The number of benzene rings is 1. The Labute approximate surface area is 129 Å². The van der Waals surface area contributed by atoms with Crippen LogP contribution >= 0.6 is 0 Å². The molecule has 1 aromatic carbocycles. The molecule has 0 saturated heterocycles. The summed E-state index contributed by atoms with van der Waals surface area (Å²) in [7, 11) is 0. The van der Waals surface area contributed by atoms with E-state index in [1.807, 2.05) is 18.3 Å². The van der Waals surface area contributed by atoms with Crippen LogP contribution in [0.25, 0.3) is 0 Å². The molecule has 2 N–H and O–H groups in total. The van der Waals surface area contributed by atoms with Crippen LogP contribution in [0.15, 0.2) is 42.7 Å². The second-order valence-corrected chi connectivity index (χ2v) is 5.13. The molecule has 22 heavy (non-hydrogen) atoms. The van der Waals surface area contributed by atoms with Crippen molar-refractivity contribution < 1.29 is 9.18 Å². The Bertz CT molecular complexity index is 617. The van der Waals surface area contributed by atoms with Crippen LogP contribution in [0.3, 0.4) is 0 Å². The van der Waals surface area contributed by atoms with Crippen LogP contribution in [0, 0.1) is 12.7 Å². The van der Waals surface area contributed by atoms with Crippen LogP contribution in [0.5, 0.6) is 0 Å². The SMILES string of the molecule is Cc1ccc(C(=O)NCCCNCc2cccnc2)c(F)c1. The van der Waals surface area contributed by atoms with E-state index in [-0.39, 0.29) is 11.5 Å². The summed E-state index contributed by atoms with van der Waals surface area (Å²) in [5, 5.41) is 6.00. The third kappa shape index (κ3) is 4.93. The monoisotopic (exact) mass is 301 g/mol. The Balaban J connectivity index is 1.65. The molecule has 5 heteroatoms. The molecule has 0 radical (unpaired) electrons. The highest BCUT2D eigenvalue weighted by Gasteiger charge is 2.10. The van der Waals surface area contributed by atoms with Crippen LogP contribution in [-0.4, -0.2) is 24.0 Å². The number of nitrogens with zero attached hydrogens (tertiary/aromatic N) is 1. The molecule has 0 unspecified atom stereocenters. The van der Waals surface area contributed by atoms with E-state index in [4.69, 9.17) is 0 Å². The van der Waals surface area contributed by atoms with Crippen molar-refractivity contribution in [1.82, 2.24) is 15.6 Å². The lowest BCUT2D eigenvalue weighted by Gasteiger charge is -2.07. The maximum atomic E-state index is 13.6. The van der Waals surface area contributed by atoms with Gasteiger partial charge < -0.3 is 10.6 Å². The zero-order valence-corrected chi connectivity index (χ0v) is 12.6. The first-order valence-electron chi connectivity index (χ1n) is 7.31. The second kappa shape index (κ2) is 8.24. The van der Waals surface area contributed by atoms with E-state index in [0.717, 1.165) is 30.6 Å². The van der Waals surface area contributed by atoms with Crippen molar-refractivity contribution in [3.63, 3.8) is 0 Å². The summed E-state index contributed by atoms with van der Waals surface area (Å²) in [4.78, 5) is 15.9. The van der Waals surface area contributed by atoms with Crippen LogP contribution in [-0.2, 0) is 6.54 Å². The molecule has 0 spiro atoms. The topological polar surface area (TPSA) is 54.0 Å². The average molecular weight is 301 g/mol. The standard InChI is InChI=1S/C17H20FN3O/c1-13-5-6-15(16(18)10-13)17(22)21-9-3-8-20-12-14-4-2-7-19-11-14/h2,4-7,10-11,20H,3,8-9,12H2,1H3,(H,21,22). The number of hydrogen-bond acceptors (Lipinski definition) is 3. The number of nitrogens with one attached hydrogen (secondary N) is 2. The molecular formula is C17H20FN3O. The van der Waals surface area contributed by atoms with Gasteiger partial charge in [-0.2, -0.15) is 0 Å². The van der Waals surface area contributed by atoms with Gasteiger partial charge in [0, 0.05) is 25.5 Å². The zero-order valence-electron chi connectivity index (χ0n) is 12.6. The Hall–Kier alpha value is -2.27. The number of aromatic nitrogens is 1. The summed E-state index contributed by atoms with van der Waals surface area (Å²) >= 11 is 0. The van der Waals surface area contributed by atoms with Crippen molar-refractivity contribution in [2.75, 3.05) is 13.1 Å². The molecule has 4 nitrogen and oxygen atoms in total. The van der Waals surface area contributed by atoms with Gasteiger partial charge in [0.15, 0.2) is 0 Å². The van der Waals surface area contributed by atoms with E-state index >= 15 is 0 Å². The largest absolute Gasteiger partial charge is 0.352 e. The first-order valence-corrected chi connectivity index (χ1v) is 7.31. The smallest absolute Gasteiger partial charge is 0.254 e. The number of hydrogen-bond donors (Lipinski definition) is 2. The molecule has 0 fully saturated rings. The first kappa shape index (κ1) is 16.1. The van der Waals surface area contributed by atoms with E-state index in [2.05, 4.69) is 15.6 Å². The molecule has 2 rings (SSSR count). The van der Waals surface area contributed by atoms with Gasteiger partial charge >= 0.3 is 0 Å². The maximum Gasteiger partial charge on any atom is 0.254 e. The molecule has 0 aliphatic carbocycles. The van der Waals surface area contributed by atoms with Gasteiger partial charge in [0.2, 0.25) is 0 Å². The summed E-state index contributed by atoms with van der Waals surface area (Å²) in [5.41, 5.74) is 2.01. The van der Waals surface area contributed by atoms with E-state index in [1.54, 1.807) is 19.2 Å². The molecule has 0 aliphatic heterocycles. The molecule has 0 aliphatic rings. The summed E-state index contributed by atoms with van der Waals surface area (Å²) < 4.78 is 13.6. The number of amides is 1. The van der Waals surface area contributed by atoms with Crippen molar-refractivity contribution in [2.24, 2.45) is 0 Å². The van der Waals surface area contributed by atoms with Crippen LogP contribution in [0.4, 0.5) is 4.39 Å². The molecule has 2 aromatic rings. The minimum atomic E-state index is -0.479. The van der Waals surface area contributed by atoms with Gasteiger partial charge in [-0.25, -0.2) is 4.39 Å². The zero-order chi connectivity index (χ0) is 15.8. The molecule has 1 heterocycles. The van der Waals surface area contributed by atoms with Gasteiger partial charge in [-0.3, -0.25) is 9.78 Å². The number of halogens is 1. The second-order valence-electron chi connectivity index (χ2n) is 5.13. The van der Waals surface area contributed by atoms with E-state index < -0.39 is 5.82 Å². The van der Waals surface area contributed by atoms with E-state index in [1.165, 1.54) is 12.1 Å². The lowest BCUT2D eigenvalue weighted by atomic mass is 10.1. The van der Waals surface area contributed by atoms with Gasteiger partial charge in [0.05, 0.1) is 5.56 Å². The van der Waals surface area contributed by atoms with Crippen LogP contribution in [0.2, 0.25) is 0 Å². The minimum Gasteiger partial charge on any atom is -0.352 e. The summed E-state index contributed by atoms with van der Waals surface area (Å²) in [5.74, 6) is -0.850. The highest BCUT2D eigenvalue weighted by atomic mass is 19.1. The Morgan fingerprint density at radius 3 is 2.86 bits per heavy atom.